The van der Waals surface area contributed by atoms with E-state index >= 15 is 0 Å². The highest BCUT2D eigenvalue weighted by Crippen LogP contribution is 2.30. The van der Waals surface area contributed by atoms with Crippen molar-refractivity contribution >= 4 is 28.6 Å². The molecule has 0 saturated carbocycles. The molecular weight excluding hydrogens is 366 g/mol. The second-order valence-corrected chi connectivity index (χ2v) is 7.06. The quantitative estimate of drug-likeness (QED) is 0.749. The number of nitrogens with zero attached hydrogens (tertiary/aromatic N) is 3. The van der Waals surface area contributed by atoms with Crippen LogP contribution in [0.2, 0.25) is 0 Å². The minimum Gasteiger partial charge on any atom is -0.506 e. The normalized spacial score (nSPS) is 16.6. The summed E-state index contributed by atoms with van der Waals surface area (Å²) in [5, 5.41) is 17.2. The van der Waals surface area contributed by atoms with Gasteiger partial charge in [0.15, 0.2) is 0 Å². The first-order chi connectivity index (χ1) is 14.0. The molecule has 6 heteroatoms. The second-order valence-electron chi connectivity index (χ2n) is 7.06. The Kier molecular flexibility index (Phi) is 4.76. The summed E-state index contributed by atoms with van der Waals surface area (Å²) in [6, 6.07) is 16.6. The molecule has 0 bridgehead atoms. The fraction of sp³-hybridized carbons (Fsp3) is 0.174. The third-order valence-electron chi connectivity index (χ3n) is 5.14. The zero-order chi connectivity index (χ0) is 20.5. The maximum Gasteiger partial charge on any atom is 0.263 e. The number of pyridine rings is 1. The molecular formula is C23H21N3O3. The number of aromatic nitrogens is 1. The van der Waals surface area contributed by atoms with Crippen molar-refractivity contribution in [1.82, 2.24) is 9.58 Å². The summed E-state index contributed by atoms with van der Waals surface area (Å²) in [5.74, 6) is -0.321. The number of carbonyl (C=O) groups is 1. The van der Waals surface area contributed by atoms with Gasteiger partial charge in [-0.2, -0.15) is 5.10 Å². The monoisotopic (exact) mass is 387 g/mol. The number of benzene rings is 2. The first-order valence-corrected chi connectivity index (χ1v) is 9.39. The maximum absolute atomic E-state index is 13.0. The molecule has 0 radical (unpaired) electrons. The van der Waals surface area contributed by atoms with Crippen molar-refractivity contribution in [1.29, 1.82) is 0 Å². The summed E-state index contributed by atoms with van der Waals surface area (Å²) in [6.45, 7) is 1.44. The van der Waals surface area contributed by atoms with E-state index in [2.05, 4.69) is 5.10 Å². The van der Waals surface area contributed by atoms with E-state index in [9.17, 15) is 14.7 Å². The van der Waals surface area contributed by atoms with Crippen LogP contribution in [0.3, 0.4) is 0 Å². The fourth-order valence-electron chi connectivity index (χ4n) is 3.66. The summed E-state index contributed by atoms with van der Waals surface area (Å²) >= 11 is 0. The molecule has 0 aliphatic carbocycles. The fourth-order valence-corrected chi connectivity index (χ4v) is 3.66. The van der Waals surface area contributed by atoms with Gasteiger partial charge in [-0.05, 0) is 17.7 Å². The molecule has 3 aromatic rings. The molecule has 1 amide bonds. The van der Waals surface area contributed by atoms with Crippen LogP contribution in [0.25, 0.3) is 17.0 Å². The average Bonchev–Trinajstić information content (AvgIpc) is 3.16. The van der Waals surface area contributed by atoms with Gasteiger partial charge in [-0.1, -0.05) is 54.6 Å². The van der Waals surface area contributed by atoms with Crippen LogP contribution in [0, 0.1) is 0 Å². The molecule has 0 fully saturated rings. The van der Waals surface area contributed by atoms with E-state index in [-0.39, 0.29) is 28.8 Å². The van der Waals surface area contributed by atoms with Crippen LogP contribution >= 0.6 is 0 Å². The number of hydrazone groups is 1. The van der Waals surface area contributed by atoms with Crippen molar-refractivity contribution in [3.8, 4) is 5.75 Å². The van der Waals surface area contributed by atoms with Crippen LogP contribution in [0.5, 0.6) is 5.75 Å². The number of amides is 1. The Balaban J connectivity index is 1.76. The average molecular weight is 387 g/mol. The van der Waals surface area contributed by atoms with Crippen LogP contribution in [-0.4, -0.2) is 32.3 Å². The van der Waals surface area contributed by atoms with Gasteiger partial charge in [-0.15, -0.1) is 0 Å². The third kappa shape index (κ3) is 3.33. The summed E-state index contributed by atoms with van der Waals surface area (Å²) in [5.41, 5.74) is 1.87. The number of aromatic hydroxyl groups is 1. The van der Waals surface area contributed by atoms with Crippen LogP contribution in [0.1, 0.15) is 24.5 Å². The van der Waals surface area contributed by atoms with Gasteiger partial charge in [-0.25, -0.2) is 5.01 Å². The largest absolute Gasteiger partial charge is 0.506 e. The van der Waals surface area contributed by atoms with Crippen molar-refractivity contribution in [3.05, 3.63) is 82.2 Å². The van der Waals surface area contributed by atoms with Gasteiger partial charge < -0.3 is 9.67 Å². The van der Waals surface area contributed by atoms with E-state index in [1.807, 2.05) is 48.6 Å². The molecule has 6 nitrogen and oxygen atoms in total. The highest BCUT2D eigenvalue weighted by atomic mass is 16.3. The van der Waals surface area contributed by atoms with Crippen LogP contribution in [0.4, 0.5) is 0 Å². The van der Waals surface area contributed by atoms with Gasteiger partial charge in [0.05, 0.1) is 17.3 Å². The number of aryl methyl sites for hydroxylation is 1. The molecule has 1 aliphatic heterocycles. The van der Waals surface area contributed by atoms with E-state index in [4.69, 9.17) is 0 Å². The lowest BCUT2D eigenvalue weighted by Crippen LogP contribution is -2.29. The van der Waals surface area contributed by atoms with Gasteiger partial charge in [0.25, 0.3) is 5.56 Å². The predicted octanol–water partition coefficient (Wildman–Crippen LogP) is 3.28. The lowest BCUT2D eigenvalue weighted by atomic mass is 10.0. The Labute approximate surface area is 168 Å². The van der Waals surface area contributed by atoms with Gasteiger partial charge in [0.2, 0.25) is 5.91 Å². The van der Waals surface area contributed by atoms with Crippen molar-refractivity contribution in [2.24, 2.45) is 12.1 Å². The van der Waals surface area contributed by atoms with Crippen LogP contribution in [-0.2, 0) is 11.8 Å². The highest BCUT2D eigenvalue weighted by Gasteiger charge is 2.31. The maximum atomic E-state index is 13.0. The molecule has 1 aliphatic rings. The minimum absolute atomic E-state index is 0.0985. The second kappa shape index (κ2) is 7.39. The summed E-state index contributed by atoms with van der Waals surface area (Å²) < 4.78 is 1.50. The number of hydrogen-bond acceptors (Lipinski definition) is 4. The van der Waals surface area contributed by atoms with E-state index in [0.29, 0.717) is 23.0 Å². The Hall–Kier alpha value is -3.67. The topological polar surface area (TPSA) is 74.9 Å². The molecule has 1 atom stereocenters. The van der Waals surface area contributed by atoms with Crippen LogP contribution < -0.4 is 5.56 Å². The molecule has 0 unspecified atom stereocenters. The lowest BCUT2D eigenvalue weighted by Gasteiger charge is -2.16. The molecule has 1 aromatic heterocycles. The van der Waals surface area contributed by atoms with E-state index in [1.165, 1.54) is 16.5 Å². The van der Waals surface area contributed by atoms with Gasteiger partial charge in [-0.3, -0.25) is 9.59 Å². The Morgan fingerprint density at radius 2 is 1.83 bits per heavy atom. The van der Waals surface area contributed by atoms with E-state index in [1.54, 1.807) is 25.2 Å². The van der Waals surface area contributed by atoms with Gasteiger partial charge in [0, 0.05) is 25.8 Å². The number of carbonyl (C=O) groups excluding carboxylic acids is 1. The molecule has 4 rings (SSSR count). The standard InChI is InChI=1S/C23H21N3O3/c1-15(27)26-17(13-12-16-8-4-3-5-9-16)14-19(24-26)21-22(28)18-10-6-7-11-20(18)25(2)23(21)29/h3-13,17,28H,14H2,1-2H3/t17-/m0/s1. The van der Waals surface area contributed by atoms with Crippen molar-refractivity contribution in [2.45, 2.75) is 19.4 Å². The zero-order valence-electron chi connectivity index (χ0n) is 16.2. The Morgan fingerprint density at radius 3 is 2.55 bits per heavy atom. The zero-order valence-corrected chi connectivity index (χ0v) is 16.2. The first-order valence-electron chi connectivity index (χ1n) is 9.39. The van der Waals surface area contributed by atoms with Gasteiger partial charge in [0.1, 0.15) is 11.3 Å². The van der Waals surface area contributed by atoms with Crippen molar-refractivity contribution in [2.75, 3.05) is 0 Å². The number of para-hydroxylation sites is 1. The minimum atomic E-state index is -0.337. The molecule has 2 heterocycles. The smallest absolute Gasteiger partial charge is 0.263 e. The molecule has 1 N–H and O–H groups in total. The Morgan fingerprint density at radius 1 is 1.14 bits per heavy atom. The molecule has 0 saturated heterocycles. The number of fused-ring (bicyclic) bond motifs is 1. The molecule has 146 valence electrons. The lowest BCUT2D eigenvalue weighted by molar-refractivity contribution is -0.129. The first kappa shape index (κ1) is 18.7. The van der Waals surface area contributed by atoms with E-state index < -0.39 is 0 Å². The predicted molar refractivity (Wildman–Crippen MR) is 114 cm³/mol. The van der Waals surface area contributed by atoms with Crippen LogP contribution in [0.15, 0.2) is 70.6 Å². The van der Waals surface area contributed by atoms with Crippen molar-refractivity contribution in [3.63, 3.8) is 0 Å². The molecule has 2 aromatic carbocycles. The van der Waals surface area contributed by atoms with Gasteiger partial charge >= 0.3 is 0 Å². The number of rotatable bonds is 3. The molecule has 29 heavy (non-hydrogen) atoms. The SMILES string of the molecule is CC(=O)N1N=C(c2c(O)c3ccccc3n(C)c2=O)C[C@@H]1C=Cc1ccccc1. The van der Waals surface area contributed by atoms with Crippen molar-refractivity contribution < 1.29 is 9.90 Å². The molecule has 0 spiro atoms. The highest BCUT2D eigenvalue weighted by molar-refractivity contribution is 6.08. The van der Waals surface area contributed by atoms with E-state index in [0.717, 1.165) is 5.56 Å². The third-order valence-corrected chi connectivity index (χ3v) is 5.14. The Bertz CT molecular complexity index is 1210. The number of hydrogen-bond donors (Lipinski definition) is 1. The summed E-state index contributed by atoms with van der Waals surface area (Å²) in [4.78, 5) is 25.1. The summed E-state index contributed by atoms with van der Waals surface area (Å²) in [7, 11) is 1.67. The summed E-state index contributed by atoms with van der Waals surface area (Å²) in [6.07, 6.45) is 4.18.